The summed E-state index contributed by atoms with van der Waals surface area (Å²) in [6.07, 6.45) is 7.76. The molecule has 0 aromatic rings. The maximum absolute atomic E-state index is 11.7. The predicted octanol–water partition coefficient (Wildman–Crippen LogP) is 1.81. The number of carbonyl (C=O) groups is 1. The van der Waals surface area contributed by atoms with E-state index >= 15 is 0 Å². The Morgan fingerprint density at radius 1 is 1.40 bits per heavy atom. The van der Waals surface area contributed by atoms with Gasteiger partial charge in [-0.25, -0.2) is 0 Å². The molecule has 1 saturated carbocycles. The first kappa shape index (κ1) is 12.5. The second kappa shape index (κ2) is 6.83. The lowest BCUT2D eigenvalue weighted by Gasteiger charge is -2.21. The minimum Gasteiger partial charge on any atom is -0.356 e. The van der Waals surface area contributed by atoms with E-state index in [1.165, 1.54) is 19.3 Å². The first-order valence-electron chi connectivity index (χ1n) is 6.27. The van der Waals surface area contributed by atoms with Gasteiger partial charge in [0.25, 0.3) is 0 Å². The fraction of sp³-hybridized carbons (Fsp3) is 0.917. The monoisotopic (exact) mass is 212 g/mol. The lowest BCUT2D eigenvalue weighted by atomic mass is 9.88. The molecular formula is C12H24N2O. The molecule has 3 nitrogen and oxygen atoms in total. The van der Waals surface area contributed by atoms with Crippen LogP contribution in [0.2, 0.25) is 0 Å². The molecule has 1 atom stereocenters. The third-order valence-corrected chi connectivity index (χ3v) is 3.31. The molecule has 88 valence electrons. The van der Waals surface area contributed by atoms with Gasteiger partial charge in [-0.1, -0.05) is 26.2 Å². The molecule has 1 rings (SSSR count). The number of nitrogens with two attached hydrogens (primary N) is 1. The Morgan fingerprint density at radius 3 is 2.67 bits per heavy atom. The maximum atomic E-state index is 11.7. The Morgan fingerprint density at radius 2 is 2.07 bits per heavy atom. The minimum absolute atomic E-state index is 0.233. The van der Waals surface area contributed by atoms with Crippen LogP contribution in [0.3, 0.4) is 0 Å². The van der Waals surface area contributed by atoms with Crippen molar-refractivity contribution in [1.82, 2.24) is 5.32 Å². The molecule has 0 aromatic heterocycles. The zero-order valence-corrected chi connectivity index (χ0v) is 9.80. The lowest BCUT2D eigenvalue weighted by molar-refractivity contribution is -0.125. The van der Waals surface area contributed by atoms with Crippen LogP contribution in [0, 0.1) is 5.92 Å². The van der Waals surface area contributed by atoms with Gasteiger partial charge in [0.05, 0.1) is 0 Å². The molecule has 3 N–H and O–H groups in total. The average Bonchev–Trinajstić information content (AvgIpc) is 2.29. The Balaban J connectivity index is 2.12. The van der Waals surface area contributed by atoms with Crippen molar-refractivity contribution in [2.45, 2.75) is 57.9 Å². The molecule has 0 saturated heterocycles. The van der Waals surface area contributed by atoms with E-state index in [4.69, 9.17) is 5.73 Å². The first-order valence-corrected chi connectivity index (χ1v) is 6.27. The summed E-state index contributed by atoms with van der Waals surface area (Å²) in [6, 6.07) is 0.233. The van der Waals surface area contributed by atoms with Crippen LogP contribution in [-0.4, -0.2) is 18.5 Å². The van der Waals surface area contributed by atoms with E-state index in [2.05, 4.69) is 12.2 Å². The molecule has 0 spiro atoms. The molecule has 3 heteroatoms. The SMILES string of the molecule is CCC(N)CCNC(=O)C1CCCCC1. The first-order chi connectivity index (χ1) is 7.24. The summed E-state index contributed by atoms with van der Waals surface area (Å²) in [4.78, 5) is 11.7. The lowest BCUT2D eigenvalue weighted by Crippen LogP contribution is -2.35. The molecule has 1 amide bonds. The van der Waals surface area contributed by atoms with Crippen molar-refractivity contribution in [2.24, 2.45) is 11.7 Å². The van der Waals surface area contributed by atoms with Crippen molar-refractivity contribution >= 4 is 5.91 Å². The van der Waals surface area contributed by atoms with E-state index in [0.717, 1.165) is 32.2 Å². The average molecular weight is 212 g/mol. The molecule has 0 bridgehead atoms. The molecule has 1 unspecified atom stereocenters. The van der Waals surface area contributed by atoms with Crippen molar-refractivity contribution < 1.29 is 4.79 Å². The number of rotatable bonds is 5. The van der Waals surface area contributed by atoms with E-state index in [-0.39, 0.29) is 17.9 Å². The van der Waals surface area contributed by atoms with Crippen molar-refractivity contribution in [2.75, 3.05) is 6.54 Å². The number of amides is 1. The predicted molar refractivity (Wildman–Crippen MR) is 62.5 cm³/mol. The Hall–Kier alpha value is -0.570. The number of carbonyl (C=O) groups excluding carboxylic acids is 1. The molecule has 1 aliphatic carbocycles. The number of hydrogen-bond acceptors (Lipinski definition) is 2. The highest BCUT2D eigenvalue weighted by Crippen LogP contribution is 2.23. The number of nitrogens with one attached hydrogen (secondary N) is 1. The normalized spacial score (nSPS) is 19.9. The van der Waals surface area contributed by atoms with Gasteiger partial charge in [0.2, 0.25) is 5.91 Å². The van der Waals surface area contributed by atoms with Gasteiger partial charge in [0, 0.05) is 18.5 Å². The van der Waals surface area contributed by atoms with Gasteiger partial charge in [-0.3, -0.25) is 4.79 Å². The highest BCUT2D eigenvalue weighted by Gasteiger charge is 2.20. The third-order valence-electron chi connectivity index (χ3n) is 3.31. The number of hydrogen-bond donors (Lipinski definition) is 2. The standard InChI is InChI=1S/C12H24N2O/c1-2-11(13)8-9-14-12(15)10-6-4-3-5-7-10/h10-11H,2-9,13H2,1H3,(H,14,15). The summed E-state index contributed by atoms with van der Waals surface area (Å²) in [6.45, 7) is 2.82. The topological polar surface area (TPSA) is 55.1 Å². The summed E-state index contributed by atoms with van der Waals surface area (Å²) in [5.74, 6) is 0.523. The van der Waals surface area contributed by atoms with Crippen LogP contribution in [0.4, 0.5) is 0 Å². The van der Waals surface area contributed by atoms with Crippen LogP contribution in [-0.2, 0) is 4.79 Å². The molecule has 0 radical (unpaired) electrons. The molecule has 1 aliphatic rings. The van der Waals surface area contributed by atoms with E-state index in [0.29, 0.717) is 0 Å². The van der Waals surface area contributed by atoms with Crippen molar-refractivity contribution in [3.8, 4) is 0 Å². The van der Waals surface area contributed by atoms with Gasteiger partial charge in [0.1, 0.15) is 0 Å². The zero-order valence-electron chi connectivity index (χ0n) is 9.80. The molecule has 0 aromatic carbocycles. The van der Waals surface area contributed by atoms with E-state index in [1.54, 1.807) is 0 Å². The Bertz CT molecular complexity index is 188. The molecule has 0 heterocycles. The van der Waals surface area contributed by atoms with Crippen molar-refractivity contribution in [3.05, 3.63) is 0 Å². The van der Waals surface area contributed by atoms with Gasteiger partial charge >= 0.3 is 0 Å². The Kier molecular flexibility index (Phi) is 5.69. The van der Waals surface area contributed by atoms with Crippen molar-refractivity contribution in [3.63, 3.8) is 0 Å². The van der Waals surface area contributed by atoms with Gasteiger partial charge in [0.15, 0.2) is 0 Å². The fourth-order valence-corrected chi connectivity index (χ4v) is 2.09. The van der Waals surface area contributed by atoms with Crippen LogP contribution in [0.1, 0.15) is 51.9 Å². The van der Waals surface area contributed by atoms with Crippen LogP contribution in [0.25, 0.3) is 0 Å². The molecular weight excluding hydrogens is 188 g/mol. The highest BCUT2D eigenvalue weighted by atomic mass is 16.1. The smallest absolute Gasteiger partial charge is 0.223 e. The molecule has 0 aliphatic heterocycles. The van der Waals surface area contributed by atoms with E-state index in [9.17, 15) is 4.79 Å². The largest absolute Gasteiger partial charge is 0.356 e. The van der Waals surface area contributed by atoms with Crippen molar-refractivity contribution in [1.29, 1.82) is 0 Å². The highest BCUT2D eigenvalue weighted by molar-refractivity contribution is 5.78. The zero-order chi connectivity index (χ0) is 11.1. The van der Waals surface area contributed by atoms with Crippen LogP contribution in [0.5, 0.6) is 0 Å². The summed E-state index contributed by atoms with van der Waals surface area (Å²) >= 11 is 0. The third kappa shape index (κ3) is 4.65. The van der Waals surface area contributed by atoms with Crippen LogP contribution < -0.4 is 11.1 Å². The quantitative estimate of drug-likeness (QED) is 0.730. The van der Waals surface area contributed by atoms with E-state index in [1.807, 2.05) is 0 Å². The fourth-order valence-electron chi connectivity index (χ4n) is 2.09. The van der Waals surface area contributed by atoms with Gasteiger partial charge in [-0.05, 0) is 25.7 Å². The van der Waals surface area contributed by atoms with Gasteiger partial charge < -0.3 is 11.1 Å². The summed E-state index contributed by atoms with van der Waals surface area (Å²) in [7, 11) is 0. The summed E-state index contributed by atoms with van der Waals surface area (Å²) < 4.78 is 0. The van der Waals surface area contributed by atoms with Gasteiger partial charge in [-0.15, -0.1) is 0 Å². The molecule has 1 fully saturated rings. The van der Waals surface area contributed by atoms with E-state index < -0.39 is 0 Å². The second-order valence-corrected chi connectivity index (χ2v) is 4.58. The summed E-state index contributed by atoms with van der Waals surface area (Å²) in [5.41, 5.74) is 5.79. The maximum Gasteiger partial charge on any atom is 0.223 e. The Labute approximate surface area is 92.8 Å². The van der Waals surface area contributed by atoms with Crippen LogP contribution in [0.15, 0.2) is 0 Å². The van der Waals surface area contributed by atoms with Gasteiger partial charge in [-0.2, -0.15) is 0 Å². The summed E-state index contributed by atoms with van der Waals surface area (Å²) in [5, 5.41) is 3.00. The molecule has 15 heavy (non-hydrogen) atoms. The second-order valence-electron chi connectivity index (χ2n) is 4.58. The minimum atomic E-state index is 0.233. The van der Waals surface area contributed by atoms with Crippen LogP contribution >= 0.6 is 0 Å².